The lowest BCUT2D eigenvalue weighted by atomic mass is 9.98. The highest BCUT2D eigenvalue weighted by molar-refractivity contribution is 6.28. The Kier molecular flexibility index (Phi) is 4.16. The van der Waals surface area contributed by atoms with Crippen molar-refractivity contribution in [2.45, 2.75) is 0 Å². The highest BCUT2D eigenvalue weighted by Gasteiger charge is 2.17. The molecule has 0 radical (unpaired) electrons. The Balaban J connectivity index is 1.50. The predicted molar refractivity (Wildman–Crippen MR) is 138 cm³/mol. The van der Waals surface area contributed by atoms with Crippen molar-refractivity contribution in [3.63, 3.8) is 0 Å². The van der Waals surface area contributed by atoms with Crippen LogP contribution in [0.3, 0.4) is 0 Å². The summed E-state index contributed by atoms with van der Waals surface area (Å²) in [7, 11) is 0. The van der Waals surface area contributed by atoms with Crippen molar-refractivity contribution < 1.29 is 4.42 Å². The fourth-order valence-electron chi connectivity index (χ4n) is 4.70. The molecule has 0 unspecified atom stereocenters. The standard InChI is InChI=1S/C29H16ClN3O/c30-29-32-27(19-14-13-17-7-1-2-8-18(17)15-19)31-28(33-29)23-16-25-26(21-10-4-3-9-20(21)23)22-11-5-6-12-24(22)34-25/h1-16H. The molecule has 0 amide bonds. The SMILES string of the molecule is Clc1nc(-c2ccc3ccccc3c2)nc(-c2cc3oc4ccccc4c3c3ccccc23)n1. The van der Waals surface area contributed by atoms with Gasteiger partial charge >= 0.3 is 0 Å². The van der Waals surface area contributed by atoms with Crippen molar-refractivity contribution in [2.24, 2.45) is 0 Å². The molecule has 0 aliphatic rings. The third-order valence-corrected chi connectivity index (χ3v) is 6.41. The quantitative estimate of drug-likeness (QED) is 0.263. The molecular weight excluding hydrogens is 442 g/mol. The van der Waals surface area contributed by atoms with Gasteiger partial charge in [-0.05, 0) is 51.3 Å². The van der Waals surface area contributed by atoms with Gasteiger partial charge in [-0.15, -0.1) is 0 Å². The van der Waals surface area contributed by atoms with E-state index in [-0.39, 0.29) is 5.28 Å². The Morgan fingerprint density at radius 2 is 1.26 bits per heavy atom. The third kappa shape index (κ3) is 2.96. The first-order valence-corrected chi connectivity index (χ1v) is 11.4. The van der Waals surface area contributed by atoms with E-state index in [1.54, 1.807) is 0 Å². The van der Waals surface area contributed by atoms with Crippen LogP contribution in [0.25, 0.3) is 66.3 Å². The number of benzene rings is 5. The van der Waals surface area contributed by atoms with Crippen LogP contribution in [-0.4, -0.2) is 15.0 Å². The zero-order valence-corrected chi connectivity index (χ0v) is 18.6. The minimum Gasteiger partial charge on any atom is -0.456 e. The average Bonchev–Trinajstić information content (AvgIpc) is 3.26. The number of furan rings is 1. The second-order valence-electron chi connectivity index (χ2n) is 8.25. The molecule has 0 fully saturated rings. The number of para-hydroxylation sites is 1. The number of halogens is 1. The summed E-state index contributed by atoms with van der Waals surface area (Å²) in [6.07, 6.45) is 0. The van der Waals surface area contributed by atoms with Crippen LogP contribution in [0.2, 0.25) is 5.28 Å². The van der Waals surface area contributed by atoms with Gasteiger partial charge in [-0.2, -0.15) is 9.97 Å². The molecule has 0 spiro atoms. The molecule has 4 nitrogen and oxygen atoms in total. The summed E-state index contributed by atoms with van der Waals surface area (Å²) in [5, 5.41) is 6.73. The Morgan fingerprint density at radius 3 is 2.15 bits per heavy atom. The Labute approximate surface area is 199 Å². The van der Waals surface area contributed by atoms with Crippen LogP contribution in [0, 0.1) is 0 Å². The molecule has 0 atom stereocenters. The molecular formula is C29H16ClN3O. The fourth-order valence-corrected chi connectivity index (χ4v) is 4.86. The van der Waals surface area contributed by atoms with Crippen molar-refractivity contribution >= 4 is 55.1 Å². The second kappa shape index (κ2) is 7.37. The lowest BCUT2D eigenvalue weighted by Gasteiger charge is -2.09. The molecule has 0 aliphatic carbocycles. The number of rotatable bonds is 2. The van der Waals surface area contributed by atoms with E-state index in [1.807, 2.05) is 54.6 Å². The van der Waals surface area contributed by atoms with Crippen LogP contribution in [-0.2, 0) is 0 Å². The van der Waals surface area contributed by atoms with Gasteiger partial charge in [0.1, 0.15) is 11.2 Å². The summed E-state index contributed by atoms with van der Waals surface area (Å²) in [5.74, 6) is 1.05. The summed E-state index contributed by atoms with van der Waals surface area (Å²) in [6, 6.07) is 32.7. The van der Waals surface area contributed by atoms with E-state index >= 15 is 0 Å². The van der Waals surface area contributed by atoms with E-state index < -0.39 is 0 Å². The van der Waals surface area contributed by atoms with Crippen LogP contribution in [0.5, 0.6) is 0 Å². The highest BCUT2D eigenvalue weighted by Crippen LogP contribution is 2.39. The maximum atomic E-state index is 6.42. The molecule has 2 heterocycles. The van der Waals surface area contributed by atoms with E-state index in [2.05, 4.69) is 52.4 Å². The van der Waals surface area contributed by atoms with Gasteiger partial charge in [0.15, 0.2) is 11.6 Å². The largest absolute Gasteiger partial charge is 0.456 e. The number of nitrogens with zero attached hydrogens (tertiary/aromatic N) is 3. The molecule has 7 aromatic rings. The predicted octanol–water partition coefficient (Wildman–Crippen LogP) is 8.06. The minimum atomic E-state index is 0.155. The molecule has 7 rings (SSSR count). The van der Waals surface area contributed by atoms with E-state index in [0.29, 0.717) is 11.6 Å². The summed E-state index contributed by atoms with van der Waals surface area (Å²) >= 11 is 6.42. The normalized spacial score (nSPS) is 11.7. The topological polar surface area (TPSA) is 51.8 Å². The molecule has 0 N–H and O–H groups in total. The smallest absolute Gasteiger partial charge is 0.226 e. The first-order valence-electron chi connectivity index (χ1n) is 11.0. The van der Waals surface area contributed by atoms with Gasteiger partial charge in [0.2, 0.25) is 5.28 Å². The second-order valence-corrected chi connectivity index (χ2v) is 8.59. The van der Waals surface area contributed by atoms with Crippen LogP contribution in [0.1, 0.15) is 0 Å². The van der Waals surface area contributed by atoms with Gasteiger partial charge in [0.05, 0.1) is 0 Å². The summed E-state index contributed by atoms with van der Waals surface area (Å²) in [4.78, 5) is 13.8. The van der Waals surface area contributed by atoms with E-state index in [9.17, 15) is 0 Å². The molecule has 160 valence electrons. The Morgan fingerprint density at radius 1 is 0.559 bits per heavy atom. The molecule has 0 saturated heterocycles. The van der Waals surface area contributed by atoms with Gasteiger partial charge in [0.25, 0.3) is 0 Å². The van der Waals surface area contributed by atoms with Gasteiger partial charge in [-0.25, -0.2) is 4.98 Å². The van der Waals surface area contributed by atoms with Crippen molar-refractivity contribution in [3.8, 4) is 22.8 Å². The summed E-state index contributed by atoms with van der Waals surface area (Å²) in [5.41, 5.74) is 3.39. The highest BCUT2D eigenvalue weighted by atomic mass is 35.5. The van der Waals surface area contributed by atoms with Crippen molar-refractivity contribution in [2.75, 3.05) is 0 Å². The van der Waals surface area contributed by atoms with Crippen LogP contribution < -0.4 is 0 Å². The van der Waals surface area contributed by atoms with Gasteiger partial charge < -0.3 is 4.42 Å². The molecule has 0 bridgehead atoms. The maximum absolute atomic E-state index is 6.42. The maximum Gasteiger partial charge on any atom is 0.226 e. The monoisotopic (exact) mass is 457 g/mol. The first-order chi connectivity index (χ1) is 16.7. The van der Waals surface area contributed by atoms with Crippen molar-refractivity contribution in [1.82, 2.24) is 15.0 Å². The number of hydrogen-bond donors (Lipinski definition) is 0. The lowest BCUT2D eigenvalue weighted by Crippen LogP contribution is -1.98. The molecule has 5 heteroatoms. The average molecular weight is 458 g/mol. The van der Waals surface area contributed by atoms with Crippen molar-refractivity contribution in [3.05, 3.63) is 102 Å². The van der Waals surface area contributed by atoms with Gasteiger partial charge in [0, 0.05) is 21.9 Å². The summed E-state index contributed by atoms with van der Waals surface area (Å²) < 4.78 is 6.21. The number of aromatic nitrogens is 3. The number of fused-ring (bicyclic) bond motifs is 6. The Bertz CT molecular complexity index is 1890. The Hall–Kier alpha value is -4.28. The van der Waals surface area contributed by atoms with Crippen LogP contribution >= 0.6 is 11.6 Å². The van der Waals surface area contributed by atoms with Gasteiger partial charge in [-0.3, -0.25) is 0 Å². The lowest BCUT2D eigenvalue weighted by molar-refractivity contribution is 0.669. The van der Waals surface area contributed by atoms with Crippen LogP contribution in [0.15, 0.2) is 101 Å². The molecule has 0 saturated carbocycles. The fraction of sp³-hybridized carbons (Fsp3) is 0. The van der Waals surface area contributed by atoms with E-state index in [0.717, 1.165) is 54.6 Å². The van der Waals surface area contributed by atoms with Crippen molar-refractivity contribution in [1.29, 1.82) is 0 Å². The molecule has 34 heavy (non-hydrogen) atoms. The van der Waals surface area contributed by atoms with Crippen LogP contribution in [0.4, 0.5) is 0 Å². The third-order valence-electron chi connectivity index (χ3n) is 6.24. The molecule has 0 aliphatic heterocycles. The molecule has 2 aromatic heterocycles. The zero-order valence-electron chi connectivity index (χ0n) is 17.9. The molecule has 5 aromatic carbocycles. The van der Waals surface area contributed by atoms with E-state index in [4.69, 9.17) is 21.0 Å². The van der Waals surface area contributed by atoms with E-state index in [1.165, 1.54) is 0 Å². The number of hydrogen-bond acceptors (Lipinski definition) is 4. The summed E-state index contributed by atoms with van der Waals surface area (Å²) in [6.45, 7) is 0. The minimum absolute atomic E-state index is 0.155. The zero-order chi connectivity index (χ0) is 22.6. The first kappa shape index (κ1) is 19.2. The van der Waals surface area contributed by atoms with Gasteiger partial charge in [-0.1, -0.05) is 78.9 Å².